The Morgan fingerprint density at radius 3 is 2.27 bits per heavy atom. The number of nitrogens with one attached hydrogen (secondary N) is 3. The van der Waals surface area contributed by atoms with Gasteiger partial charge in [-0.15, -0.1) is 0 Å². The van der Waals surface area contributed by atoms with Crippen molar-refractivity contribution in [3.05, 3.63) is 54.9 Å². The molecule has 0 aliphatic carbocycles. The van der Waals surface area contributed by atoms with E-state index in [0.29, 0.717) is 39.0 Å². The first kappa shape index (κ1) is 48.2. The number of nitrogens with zero attached hydrogens (tertiary/aromatic N) is 6. The lowest BCUT2D eigenvalue weighted by atomic mass is 10.0. The Labute approximate surface area is 368 Å². The summed E-state index contributed by atoms with van der Waals surface area (Å²) in [6.07, 6.45) is 3.67. The molecule has 18 heteroatoms. The van der Waals surface area contributed by atoms with Crippen molar-refractivity contribution in [3.63, 3.8) is 0 Å². The third-order valence-corrected chi connectivity index (χ3v) is 10.8. The minimum atomic E-state index is -1.28. The van der Waals surface area contributed by atoms with E-state index in [2.05, 4.69) is 31.8 Å². The number of hydrogen-bond donors (Lipinski definition) is 4. The number of amides is 5. The molecule has 342 valence electrons. The van der Waals surface area contributed by atoms with Crippen molar-refractivity contribution in [1.29, 1.82) is 0 Å². The molecule has 3 atom stereocenters. The van der Waals surface area contributed by atoms with E-state index in [1.54, 1.807) is 44.1 Å². The molecule has 5 N–H and O–H groups in total. The standard InChI is InChI=1S/C45H64N10O8/c1-29(2)39(43(60)62-32-15-18-54-27-31-24-30-12-9-10-13-33(30)49-40(31)36(54)25-32)50-41(58)35-14-11-17-55(35)42(59)34(26-37(46)56)48-38(57)28-53(8)23-22-52(7)21-20-51(6)19-16-47-44(61)63-45(3,4)5/h9-10,12-13,15,18,24-25,27,29,34-35,39H,11,14,16-17,19-23,26,28H2,1-8H3,(H2,46,56)(H,47,61)(H,48,57)(H,50,58)/t34-,35-,39-/m0/s1. The highest BCUT2D eigenvalue weighted by molar-refractivity contribution is 6.01. The average Bonchev–Trinajstić information content (AvgIpc) is 3.84. The van der Waals surface area contributed by atoms with Crippen LogP contribution in [0.25, 0.3) is 27.3 Å². The van der Waals surface area contributed by atoms with Gasteiger partial charge in [0, 0.05) is 75.0 Å². The lowest BCUT2D eigenvalue weighted by Gasteiger charge is -2.30. The first-order chi connectivity index (χ1) is 29.8. The number of alkyl carbamates (subject to hydrolysis) is 1. The lowest BCUT2D eigenvalue weighted by Crippen LogP contribution is -2.57. The Morgan fingerprint density at radius 1 is 0.905 bits per heavy atom. The van der Waals surface area contributed by atoms with Crippen LogP contribution in [0.5, 0.6) is 5.75 Å². The molecule has 0 saturated carbocycles. The topological polar surface area (TPSA) is 213 Å². The zero-order valence-electron chi connectivity index (χ0n) is 37.8. The minimum absolute atomic E-state index is 0.0458. The van der Waals surface area contributed by atoms with Crippen LogP contribution < -0.4 is 26.4 Å². The minimum Gasteiger partial charge on any atom is -0.444 e. The molecule has 4 heterocycles. The number of hydrogen-bond acceptors (Lipinski definition) is 12. The highest BCUT2D eigenvalue weighted by Gasteiger charge is 2.40. The number of likely N-dealkylation sites (N-methyl/N-ethyl adjacent to an activating group) is 3. The van der Waals surface area contributed by atoms with Crippen LogP contribution in [0.1, 0.15) is 53.9 Å². The molecule has 1 fully saturated rings. The van der Waals surface area contributed by atoms with Gasteiger partial charge in [0.2, 0.25) is 23.6 Å². The normalized spacial score (nSPS) is 15.4. The summed E-state index contributed by atoms with van der Waals surface area (Å²) in [5.74, 6) is -3.16. The van der Waals surface area contributed by atoms with Crippen LogP contribution in [0.3, 0.4) is 0 Å². The van der Waals surface area contributed by atoms with E-state index in [0.717, 1.165) is 40.4 Å². The SMILES string of the molecule is CC(C)[C@H](NC(=O)[C@@H]1CCCN1C(=O)[C@H](CC(N)=O)NC(=O)CN(C)CCN(C)CCN(C)CCNC(=O)OC(C)(C)C)C(=O)Oc1ccn2cc3cc4ccccc4nc3c2c1. The number of pyridine rings is 2. The number of fused-ring (bicyclic) bond motifs is 4. The van der Waals surface area contributed by atoms with Gasteiger partial charge in [0.05, 0.1) is 29.5 Å². The molecule has 0 unspecified atom stereocenters. The molecule has 3 aromatic heterocycles. The Bertz CT molecular complexity index is 2270. The number of benzene rings is 1. The third kappa shape index (κ3) is 13.8. The summed E-state index contributed by atoms with van der Waals surface area (Å²) in [7, 11) is 5.72. The van der Waals surface area contributed by atoms with Crippen LogP contribution in [-0.4, -0.2) is 162 Å². The van der Waals surface area contributed by atoms with Crippen molar-refractivity contribution in [2.75, 3.05) is 73.5 Å². The van der Waals surface area contributed by atoms with Crippen LogP contribution in [0, 0.1) is 5.92 Å². The Morgan fingerprint density at radius 2 is 1.59 bits per heavy atom. The quantitative estimate of drug-likeness (QED) is 0.0944. The van der Waals surface area contributed by atoms with Crippen molar-refractivity contribution in [1.82, 2.24) is 44.9 Å². The van der Waals surface area contributed by atoms with Crippen molar-refractivity contribution >= 4 is 63.0 Å². The highest BCUT2D eigenvalue weighted by Crippen LogP contribution is 2.28. The fraction of sp³-hybridized carbons (Fsp3) is 0.533. The van der Waals surface area contributed by atoms with E-state index in [-0.39, 0.29) is 24.8 Å². The molecular weight excluding hydrogens is 809 g/mol. The number of para-hydroxylation sites is 1. The second kappa shape index (κ2) is 21.5. The maximum absolute atomic E-state index is 13.9. The predicted octanol–water partition coefficient (Wildman–Crippen LogP) is 2.36. The third-order valence-electron chi connectivity index (χ3n) is 10.8. The van der Waals surface area contributed by atoms with Crippen LogP contribution in [0.2, 0.25) is 0 Å². The van der Waals surface area contributed by atoms with Crippen LogP contribution in [0.4, 0.5) is 4.79 Å². The molecule has 1 saturated heterocycles. The molecule has 1 aliphatic heterocycles. The molecule has 0 bridgehead atoms. The molecule has 1 aliphatic rings. The summed E-state index contributed by atoms with van der Waals surface area (Å²) in [6.45, 7) is 13.0. The summed E-state index contributed by atoms with van der Waals surface area (Å²) in [5, 5.41) is 10.2. The van der Waals surface area contributed by atoms with Gasteiger partial charge in [-0.05, 0) is 78.9 Å². The van der Waals surface area contributed by atoms with Gasteiger partial charge < -0.3 is 50.3 Å². The van der Waals surface area contributed by atoms with E-state index in [1.807, 2.05) is 69.7 Å². The van der Waals surface area contributed by atoms with Crippen molar-refractivity contribution in [2.24, 2.45) is 11.7 Å². The Kier molecular flexibility index (Phi) is 16.4. The maximum Gasteiger partial charge on any atom is 0.407 e. The zero-order chi connectivity index (χ0) is 46.0. The molecule has 0 spiro atoms. The summed E-state index contributed by atoms with van der Waals surface area (Å²) in [5.41, 5.74) is 7.32. The Balaban J connectivity index is 1.11. The lowest BCUT2D eigenvalue weighted by molar-refractivity contribution is -0.145. The van der Waals surface area contributed by atoms with Gasteiger partial charge in [0.25, 0.3) is 0 Å². The molecule has 5 amide bonds. The number of aromatic nitrogens is 2. The van der Waals surface area contributed by atoms with Crippen molar-refractivity contribution < 1.29 is 38.2 Å². The maximum atomic E-state index is 13.9. The zero-order valence-corrected chi connectivity index (χ0v) is 37.8. The second-order valence-electron chi connectivity index (χ2n) is 17.8. The molecule has 0 radical (unpaired) electrons. The summed E-state index contributed by atoms with van der Waals surface area (Å²) in [4.78, 5) is 90.8. The van der Waals surface area contributed by atoms with E-state index in [1.165, 1.54) is 4.90 Å². The number of primary amides is 1. The van der Waals surface area contributed by atoms with Gasteiger partial charge >= 0.3 is 12.1 Å². The number of ether oxygens (including phenoxy) is 2. The average molecular weight is 873 g/mol. The fourth-order valence-corrected chi connectivity index (χ4v) is 7.41. The highest BCUT2D eigenvalue weighted by atomic mass is 16.6. The predicted molar refractivity (Wildman–Crippen MR) is 240 cm³/mol. The molecule has 1 aromatic carbocycles. The number of carbonyl (C=O) groups excluding carboxylic acids is 6. The van der Waals surface area contributed by atoms with Crippen LogP contribution >= 0.6 is 0 Å². The van der Waals surface area contributed by atoms with Crippen molar-refractivity contribution in [3.8, 4) is 5.75 Å². The summed E-state index contributed by atoms with van der Waals surface area (Å²) < 4.78 is 13.0. The van der Waals surface area contributed by atoms with Crippen molar-refractivity contribution in [2.45, 2.75) is 77.6 Å². The van der Waals surface area contributed by atoms with Gasteiger partial charge in [0.1, 0.15) is 29.5 Å². The number of carbonyl (C=O) groups is 6. The summed E-state index contributed by atoms with van der Waals surface area (Å²) in [6, 6.07) is 10.0. The monoisotopic (exact) mass is 872 g/mol. The van der Waals surface area contributed by atoms with Gasteiger partial charge in [-0.25, -0.2) is 14.6 Å². The second-order valence-corrected chi connectivity index (χ2v) is 17.8. The summed E-state index contributed by atoms with van der Waals surface area (Å²) >= 11 is 0. The largest absolute Gasteiger partial charge is 0.444 e. The number of likely N-dealkylation sites (tertiary alicyclic amines) is 1. The molecule has 5 rings (SSSR count). The van der Waals surface area contributed by atoms with E-state index in [4.69, 9.17) is 20.2 Å². The van der Waals surface area contributed by atoms with E-state index >= 15 is 0 Å². The van der Waals surface area contributed by atoms with E-state index < -0.39 is 65.8 Å². The molecule has 4 aromatic rings. The smallest absolute Gasteiger partial charge is 0.407 e. The molecule has 18 nitrogen and oxygen atoms in total. The first-order valence-corrected chi connectivity index (χ1v) is 21.5. The van der Waals surface area contributed by atoms with Crippen LogP contribution in [-0.2, 0) is 28.7 Å². The number of rotatable bonds is 20. The van der Waals surface area contributed by atoms with E-state index in [9.17, 15) is 28.8 Å². The van der Waals surface area contributed by atoms with Gasteiger partial charge in [0.15, 0.2) is 0 Å². The van der Waals surface area contributed by atoms with Crippen LogP contribution in [0.15, 0.2) is 54.9 Å². The molecular formula is C45H64N10O8. The fourth-order valence-electron chi connectivity index (χ4n) is 7.41. The van der Waals surface area contributed by atoms with Gasteiger partial charge in [-0.2, -0.15) is 0 Å². The number of nitrogens with two attached hydrogens (primary N) is 1. The first-order valence-electron chi connectivity index (χ1n) is 21.5. The Hall–Kier alpha value is -5.85. The number of esters is 1. The van der Waals surface area contributed by atoms with Gasteiger partial charge in [-0.3, -0.25) is 24.1 Å². The van der Waals surface area contributed by atoms with Gasteiger partial charge in [-0.1, -0.05) is 32.0 Å². The molecule has 63 heavy (non-hydrogen) atoms.